The van der Waals surface area contributed by atoms with E-state index in [0.717, 1.165) is 0 Å². The van der Waals surface area contributed by atoms with Crippen LogP contribution in [-0.2, 0) is 4.79 Å². The van der Waals surface area contributed by atoms with E-state index < -0.39 is 17.4 Å². The van der Waals surface area contributed by atoms with E-state index in [1.165, 1.54) is 0 Å². The van der Waals surface area contributed by atoms with Crippen LogP contribution in [0.3, 0.4) is 0 Å². The summed E-state index contributed by atoms with van der Waals surface area (Å²) in [5.41, 5.74) is -0.198. The Kier molecular flexibility index (Phi) is 4.01. The fourth-order valence-electron chi connectivity index (χ4n) is 1.62. The number of benzene rings is 1. The molecule has 0 radical (unpaired) electrons. The van der Waals surface area contributed by atoms with E-state index in [1.54, 1.807) is 18.2 Å². The van der Waals surface area contributed by atoms with Gasteiger partial charge in [-0.25, -0.2) is 4.79 Å². The Labute approximate surface area is 123 Å². The molecule has 2 amide bonds. The molecule has 102 valence electrons. The molecule has 0 heterocycles. The molecular weight excluding hydrogens is 335 g/mol. The van der Waals surface area contributed by atoms with Crippen molar-refractivity contribution in [1.82, 2.24) is 5.32 Å². The average molecular weight is 348 g/mol. The van der Waals surface area contributed by atoms with Gasteiger partial charge in [-0.2, -0.15) is 0 Å². The summed E-state index contributed by atoms with van der Waals surface area (Å²) in [7, 11) is 0. The molecule has 0 aliphatic heterocycles. The van der Waals surface area contributed by atoms with Crippen LogP contribution in [0.4, 0.5) is 10.5 Å². The second-order valence-electron chi connectivity index (χ2n) is 4.52. The molecule has 3 N–H and O–H groups in total. The summed E-state index contributed by atoms with van der Waals surface area (Å²) in [5.74, 6) is -0.861. The number of urea groups is 1. The molecular formula is C12H12BrClN2O3. The van der Waals surface area contributed by atoms with Gasteiger partial charge in [0.25, 0.3) is 0 Å². The van der Waals surface area contributed by atoms with E-state index in [-0.39, 0.29) is 6.54 Å². The van der Waals surface area contributed by atoms with Gasteiger partial charge >= 0.3 is 12.0 Å². The maximum Gasteiger partial charge on any atom is 0.319 e. The Balaban J connectivity index is 1.89. The Morgan fingerprint density at radius 1 is 1.42 bits per heavy atom. The van der Waals surface area contributed by atoms with Gasteiger partial charge in [0, 0.05) is 16.0 Å². The largest absolute Gasteiger partial charge is 0.481 e. The minimum atomic E-state index is -0.861. The average Bonchev–Trinajstić information content (AvgIpc) is 3.11. The highest BCUT2D eigenvalue weighted by atomic mass is 79.9. The quantitative estimate of drug-likeness (QED) is 0.783. The van der Waals surface area contributed by atoms with Gasteiger partial charge in [-0.1, -0.05) is 11.6 Å². The Morgan fingerprint density at radius 2 is 2.11 bits per heavy atom. The topological polar surface area (TPSA) is 78.4 Å². The lowest BCUT2D eigenvalue weighted by Crippen LogP contribution is -2.36. The number of aliphatic carboxylic acids is 1. The number of halogens is 2. The van der Waals surface area contributed by atoms with Gasteiger partial charge in [-0.3, -0.25) is 4.79 Å². The fraction of sp³-hybridized carbons (Fsp3) is 0.333. The zero-order valence-electron chi connectivity index (χ0n) is 9.87. The van der Waals surface area contributed by atoms with Gasteiger partial charge in [0.05, 0.1) is 11.1 Å². The molecule has 1 aliphatic rings. The van der Waals surface area contributed by atoms with Crippen LogP contribution < -0.4 is 10.6 Å². The van der Waals surface area contributed by atoms with Crippen molar-refractivity contribution < 1.29 is 14.7 Å². The molecule has 0 aromatic heterocycles. The maximum absolute atomic E-state index is 11.7. The first-order valence-electron chi connectivity index (χ1n) is 5.66. The third kappa shape index (κ3) is 3.39. The van der Waals surface area contributed by atoms with Gasteiger partial charge in [0.15, 0.2) is 0 Å². The zero-order chi connectivity index (χ0) is 14.0. The lowest BCUT2D eigenvalue weighted by atomic mass is 10.1. The van der Waals surface area contributed by atoms with Crippen LogP contribution in [0.5, 0.6) is 0 Å². The number of rotatable bonds is 4. The third-order valence-electron chi connectivity index (χ3n) is 3.07. The van der Waals surface area contributed by atoms with E-state index in [9.17, 15) is 9.59 Å². The van der Waals surface area contributed by atoms with Crippen molar-refractivity contribution in [2.45, 2.75) is 12.8 Å². The number of carbonyl (C=O) groups is 2. The predicted molar refractivity (Wildman–Crippen MR) is 75.5 cm³/mol. The fourth-order valence-corrected chi connectivity index (χ4v) is 2.41. The highest BCUT2D eigenvalue weighted by molar-refractivity contribution is 9.10. The summed E-state index contributed by atoms with van der Waals surface area (Å²) in [6.07, 6.45) is 1.21. The van der Waals surface area contributed by atoms with Crippen molar-refractivity contribution >= 4 is 45.2 Å². The Hall–Kier alpha value is -1.27. The minimum Gasteiger partial charge on any atom is -0.481 e. The van der Waals surface area contributed by atoms with Gasteiger partial charge < -0.3 is 15.7 Å². The summed E-state index contributed by atoms with van der Waals surface area (Å²) < 4.78 is 0.662. The van der Waals surface area contributed by atoms with Crippen LogP contribution in [0.1, 0.15) is 12.8 Å². The number of anilines is 1. The van der Waals surface area contributed by atoms with E-state index in [1.807, 2.05) is 0 Å². The number of amides is 2. The SMILES string of the molecule is O=C(NCC1(C(=O)O)CC1)Nc1ccc(Cl)cc1Br. The first-order chi connectivity index (χ1) is 8.93. The normalized spacial score (nSPS) is 15.7. The smallest absolute Gasteiger partial charge is 0.319 e. The van der Waals surface area contributed by atoms with Crippen molar-refractivity contribution in [1.29, 1.82) is 0 Å². The summed E-state index contributed by atoms with van der Waals surface area (Å²) in [4.78, 5) is 22.6. The molecule has 1 aliphatic carbocycles. The van der Waals surface area contributed by atoms with Gasteiger partial charge in [0.2, 0.25) is 0 Å². The molecule has 0 bridgehead atoms. The van der Waals surface area contributed by atoms with Crippen molar-refractivity contribution in [2.75, 3.05) is 11.9 Å². The van der Waals surface area contributed by atoms with Crippen LogP contribution >= 0.6 is 27.5 Å². The van der Waals surface area contributed by atoms with Crippen LogP contribution in [0.15, 0.2) is 22.7 Å². The van der Waals surface area contributed by atoms with Crippen LogP contribution in [0.25, 0.3) is 0 Å². The number of carboxylic acid groups (broad SMARTS) is 1. The van der Waals surface area contributed by atoms with Crippen LogP contribution in [-0.4, -0.2) is 23.7 Å². The lowest BCUT2D eigenvalue weighted by molar-refractivity contribution is -0.143. The van der Waals surface area contributed by atoms with Crippen molar-refractivity contribution in [3.8, 4) is 0 Å². The summed E-state index contributed by atoms with van der Waals surface area (Å²) in [6, 6.07) is 4.55. The molecule has 0 spiro atoms. The number of nitrogens with one attached hydrogen (secondary N) is 2. The summed E-state index contributed by atoms with van der Waals surface area (Å²) in [6.45, 7) is 0.138. The molecule has 1 aromatic rings. The van der Waals surface area contributed by atoms with Crippen molar-refractivity contribution in [2.24, 2.45) is 5.41 Å². The number of hydrogen-bond acceptors (Lipinski definition) is 2. The first-order valence-corrected chi connectivity index (χ1v) is 6.83. The van der Waals surface area contributed by atoms with Crippen molar-refractivity contribution in [3.63, 3.8) is 0 Å². The van der Waals surface area contributed by atoms with Gasteiger partial charge in [-0.05, 0) is 47.0 Å². The highest BCUT2D eigenvalue weighted by Crippen LogP contribution is 2.45. The standard InChI is InChI=1S/C12H12BrClN2O3/c13-8-5-7(14)1-2-9(8)16-11(19)15-6-12(3-4-12)10(17)18/h1-2,5H,3-4,6H2,(H,17,18)(H2,15,16,19). The molecule has 2 rings (SSSR count). The van der Waals surface area contributed by atoms with Gasteiger partial charge in [0.1, 0.15) is 0 Å². The van der Waals surface area contributed by atoms with E-state index in [2.05, 4.69) is 26.6 Å². The van der Waals surface area contributed by atoms with Crippen LogP contribution in [0, 0.1) is 5.41 Å². The summed E-state index contributed by atoms with van der Waals surface area (Å²) >= 11 is 9.07. The van der Waals surface area contributed by atoms with E-state index >= 15 is 0 Å². The third-order valence-corrected chi connectivity index (χ3v) is 3.97. The van der Waals surface area contributed by atoms with Gasteiger partial charge in [-0.15, -0.1) is 0 Å². The monoisotopic (exact) mass is 346 g/mol. The second kappa shape index (κ2) is 5.38. The minimum absolute atomic E-state index is 0.138. The molecule has 1 aromatic carbocycles. The number of carbonyl (C=O) groups excluding carboxylic acids is 1. The zero-order valence-corrected chi connectivity index (χ0v) is 12.2. The maximum atomic E-state index is 11.7. The van der Waals surface area contributed by atoms with Crippen LogP contribution in [0.2, 0.25) is 5.02 Å². The summed E-state index contributed by atoms with van der Waals surface area (Å²) in [5, 5.41) is 14.7. The van der Waals surface area contributed by atoms with E-state index in [4.69, 9.17) is 16.7 Å². The molecule has 1 fully saturated rings. The van der Waals surface area contributed by atoms with Crippen molar-refractivity contribution in [3.05, 3.63) is 27.7 Å². The van der Waals surface area contributed by atoms with E-state index in [0.29, 0.717) is 28.0 Å². The second-order valence-corrected chi connectivity index (χ2v) is 5.81. The Bertz CT molecular complexity index is 532. The molecule has 5 nitrogen and oxygen atoms in total. The Morgan fingerprint density at radius 3 is 2.63 bits per heavy atom. The molecule has 0 unspecified atom stereocenters. The number of hydrogen-bond donors (Lipinski definition) is 3. The first kappa shape index (κ1) is 14.1. The molecule has 19 heavy (non-hydrogen) atoms. The molecule has 0 saturated heterocycles. The molecule has 1 saturated carbocycles. The number of carboxylic acids is 1. The highest BCUT2D eigenvalue weighted by Gasteiger charge is 2.50. The molecule has 0 atom stereocenters. The lowest BCUT2D eigenvalue weighted by Gasteiger charge is -2.12. The predicted octanol–water partition coefficient (Wildman–Crippen LogP) is 3.09. The molecule has 7 heteroatoms.